The quantitative estimate of drug-likeness (QED) is 0.309. The Labute approximate surface area is 54.7 Å². The molecule has 2 N–H and O–H groups in total. The molecule has 47 valence electrons. The van der Waals surface area contributed by atoms with Gasteiger partial charge in [-0.15, -0.1) is 5.98 Å². The Morgan fingerprint density at radius 3 is 2.67 bits per heavy atom. The molecule has 0 aliphatic carbocycles. The highest BCUT2D eigenvalue weighted by molar-refractivity contribution is 7.57. The number of hydrogen-bond acceptors (Lipinski definition) is 2. The van der Waals surface area contributed by atoms with Gasteiger partial charge >= 0.3 is 7.60 Å². The lowest BCUT2D eigenvalue weighted by molar-refractivity contribution is 0.384. The van der Waals surface area contributed by atoms with Crippen LogP contribution in [-0.4, -0.2) is 18.9 Å². The predicted octanol–water partition coefficient (Wildman–Crippen LogP) is -0.570. The van der Waals surface area contributed by atoms with Crippen molar-refractivity contribution in [1.29, 1.82) is 6.60 Å². The Bertz CT molecular complexity index is 228. The maximum atomic E-state index is 10.3. The Balaban J connectivity index is 4.59. The van der Waals surface area contributed by atoms with Gasteiger partial charge in [-0.1, -0.05) is 0 Å². The first-order valence-electron chi connectivity index (χ1n) is 2.48. The molecule has 0 rings (SSSR count). The van der Waals surface area contributed by atoms with Crippen molar-refractivity contribution >= 4 is 15.4 Å². The summed E-state index contributed by atoms with van der Waals surface area (Å²) < 4.78 is 16.7. The second-order valence-electron chi connectivity index (χ2n) is 1.21. The fraction of sp³-hybridized carbons (Fsp3) is 0. The third-order valence-corrected chi connectivity index (χ3v) is 1.46. The highest BCUT2D eigenvalue weighted by Gasteiger charge is 2.18. The monoisotopic (exact) mass is 145 g/mol. The minimum atomic E-state index is -4.44. The second kappa shape index (κ2) is 2.83. The number of hydrogen-bond donors (Lipinski definition) is 2. The smallest absolute Gasteiger partial charge is 0.321 e. The van der Waals surface area contributed by atoms with E-state index < -0.39 is 12.9 Å². The summed E-state index contributed by atoms with van der Waals surface area (Å²) >= 11 is 0. The highest BCUT2D eigenvalue weighted by Crippen LogP contribution is 2.43. The fourth-order valence-corrected chi connectivity index (χ4v) is 0.524. The number of nitrogens with zero attached hydrogens (tertiary/aromatic N) is 1. The highest BCUT2D eigenvalue weighted by atomic mass is 31.2. The van der Waals surface area contributed by atoms with Gasteiger partial charge in [0.05, 0.1) is 0 Å². The van der Waals surface area contributed by atoms with E-state index in [-0.39, 0.29) is 0 Å². The number of allylic oxidation sites excluding steroid dienone is 1. The van der Waals surface area contributed by atoms with Crippen LogP contribution in [-0.2, 0) is 4.57 Å². The van der Waals surface area contributed by atoms with Crippen LogP contribution < -0.4 is 0 Å². The third-order valence-electron chi connectivity index (χ3n) is 0.586. The van der Waals surface area contributed by atoms with E-state index in [2.05, 4.69) is 0 Å². The van der Waals surface area contributed by atoms with Crippen LogP contribution in [0.2, 0.25) is 0 Å². The van der Waals surface area contributed by atoms with E-state index >= 15 is 0 Å². The van der Waals surface area contributed by atoms with Crippen molar-refractivity contribution in [2.24, 2.45) is 0 Å². The lowest BCUT2D eigenvalue weighted by atomic mass is 10.1. The van der Waals surface area contributed by atoms with Gasteiger partial charge in [0, 0.05) is 0 Å². The normalized spacial score (nSPS) is 13.9. The first-order chi connectivity index (χ1) is 4.52. The SMILES string of the molecule is [2H][B]/C=C(\C#N)P(=O)(O)O. The molecule has 0 aliphatic heterocycles. The number of nitriles is 1. The first kappa shape index (κ1) is 6.56. The molecule has 0 saturated carbocycles. The van der Waals surface area contributed by atoms with E-state index in [4.69, 9.17) is 16.4 Å². The Kier molecular flexibility index (Phi) is 2.07. The summed E-state index contributed by atoms with van der Waals surface area (Å²) in [5.41, 5.74) is 0. The van der Waals surface area contributed by atoms with Crippen LogP contribution >= 0.6 is 7.60 Å². The van der Waals surface area contributed by atoms with Gasteiger partial charge in [0.2, 0.25) is 0 Å². The minimum Gasteiger partial charge on any atom is -0.321 e. The predicted molar refractivity (Wildman–Crippen MR) is 32.9 cm³/mol. The summed E-state index contributed by atoms with van der Waals surface area (Å²) in [6, 6.07) is 1.29. The largest absolute Gasteiger partial charge is 0.365 e. The zero-order chi connectivity index (χ0) is 8.20. The zero-order valence-electron chi connectivity index (χ0n) is 5.35. The van der Waals surface area contributed by atoms with Crippen LogP contribution in [0, 0.1) is 11.3 Å². The van der Waals surface area contributed by atoms with E-state index in [0.717, 1.165) is 5.98 Å². The van der Waals surface area contributed by atoms with Gasteiger partial charge in [-0.25, -0.2) is 0 Å². The molecule has 0 fully saturated rings. The summed E-state index contributed by atoms with van der Waals surface area (Å²) in [6.45, 7) is 0. The average Bonchev–Trinajstić information content (AvgIpc) is 1.80. The Morgan fingerprint density at radius 2 is 2.56 bits per heavy atom. The maximum absolute atomic E-state index is 10.3. The zero-order valence-corrected chi connectivity index (χ0v) is 5.25. The van der Waals surface area contributed by atoms with Gasteiger partial charge in [0.15, 0.2) is 0 Å². The van der Waals surface area contributed by atoms with Gasteiger partial charge in [0.25, 0.3) is 0 Å². The molecule has 9 heavy (non-hydrogen) atoms. The topological polar surface area (TPSA) is 81.3 Å². The third kappa shape index (κ3) is 2.47. The van der Waals surface area contributed by atoms with Crippen LogP contribution in [0.4, 0.5) is 0 Å². The molecule has 0 saturated heterocycles. The molecule has 0 heterocycles. The number of rotatable bonds is 2. The molecule has 4 nitrogen and oxygen atoms in total. The van der Waals surface area contributed by atoms with E-state index in [1.807, 2.05) is 0 Å². The van der Waals surface area contributed by atoms with E-state index in [1.54, 1.807) is 0 Å². The molecule has 0 unspecified atom stereocenters. The summed E-state index contributed by atoms with van der Waals surface area (Å²) in [5.74, 6) is 0.765. The summed E-state index contributed by atoms with van der Waals surface area (Å²) in [7, 11) is -3.79. The first-order valence-corrected chi connectivity index (χ1v) is 3.51. The van der Waals surface area contributed by atoms with Gasteiger partial charge in [-0.3, -0.25) is 4.57 Å². The van der Waals surface area contributed by atoms with Crippen molar-refractivity contribution in [3.05, 3.63) is 11.3 Å². The van der Waals surface area contributed by atoms with Crippen LogP contribution in [0.1, 0.15) is 0 Å². The average molecular weight is 145 g/mol. The van der Waals surface area contributed by atoms with Crippen molar-refractivity contribution < 1.29 is 14.4 Å². The van der Waals surface area contributed by atoms with Gasteiger partial charge in [-0.2, -0.15) is 5.26 Å². The van der Waals surface area contributed by atoms with Gasteiger partial charge in [0.1, 0.15) is 19.2 Å². The van der Waals surface area contributed by atoms with Crippen LogP contribution in [0.5, 0.6) is 0 Å². The minimum absolute atomic E-state index is 0.650. The molecule has 0 aromatic carbocycles. The lowest BCUT2D eigenvalue weighted by Gasteiger charge is -1.97. The maximum Gasteiger partial charge on any atom is 0.365 e. The molecule has 0 aromatic heterocycles. The van der Waals surface area contributed by atoms with Crippen molar-refractivity contribution in [2.45, 2.75) is 0 Å². The summed E-state index contributed by atoms with van der Waals surface area (Å²) in [6.07, 6.45) is 0. The Hall–Kier alpha value is -0.555. The van der Waals surface area contributed by atoms with E-state index in [9.17, 15) is 4.57 Å². The molecule has 0 spiro atoms. The molecule has 0 amide bonds. The van der Waals surface area contributed by atoms with Crippen molar-refractivity contribution in [2.75, 3.05) is 0 Å². The standard InChI is InChI=1S/C3H4BNO3P/c4-1-3(2-5)9(6,7)8/h1,4H,(H2,6,7,8)/b3-1+/i4D. The molecule has 0 atom stereocenters. The summed E-state index contributed by atoms with van der Waals surface area (Å²) in [5, 5.41) is 7.39. The molecular formula is C3H4BNO3P. The molecule has 0 bridgehead atoms. The van der Waals surface area contributed by atoms with E-state index in [1.165, 1.54) is 6.07 Å². The van der Waals surface area contributed by atoms with Gasteiger partial charge < -0.3 is 9.79 Å². The van der Waals surface area contributed by atoms with Crippen molar-refractivity contribution in [1.82, 2.24) is 0 Å². The van der Waals surface area contributed by atoms with Crippen LogP contribution in [0.15, 0.2) is 11.3 Å². The molecule has 6 heteroatoms. The van der Waals surface area contributed by atoms with Gasteiger partial charge in [-0.05, 0) is 1.34 Å². The lowest BCUT2D eigenvalue weighted by Crippen LogP contribution is -1.80. The Morgan fingerprint density at radius 1 is 2.00 bits per heavy atom. The molecule has 0 aliphatic rings. The summed E-state index contributed by atoms with van der Waals surface area (Å²) in [4.78, 5) is 16.7. The van der Waals surface area contributed by atoms with Crippen LogP contribution in [0.3, 0.4) is 0 Å². The van der Waals surface area contributed by atoms with E-state index in [0.29, 0.717) is 7.81 Å². The van der Waals surface area contributed by atoms with Crippen LogP contribution in [0.25, 0.3) is 0 Å². The molecular weight excluding hydrogens is 140 g/mol. The van der Waals surface area contributed by atoms with Crippen molar-refractivity contribution in [3.8, 4) is 6.07 Å². The second-order valence-corrected chi connectivity index (χ2v) is 2.78. The fourth-order valence-electron chi connectivity index (χ4n) is 0.199. The molecule has 1 radical (unpaired) electrons. The van der Waals surface area contributed by atoms with Crippen molar-refractivity contribution in [3.63, 3.8) is 0 Å². The molecule has 0 aromatic rings.